The molecule has 0 bridgehead atoms. The van der Waals surface area contributed by atoms with E-state index in [-0.39, 0.29) is 0 Å². The third-order valence-electron chi connectivity index (χ3n) is 2.73. The predicted molar refractivity (Wildman–Crippen MR) is 75.0 cm³/mol. The molecule has 18 heavy (non-hydrogen) atoms. The minimum atomic E-state index is 0.463. The average molecular weight is 275 g/mol. The molecule has 0 radical (unpaired) electrons. The zero-order valence-electron chi connectivity index (χ0n) is 9.27. The van der Waals surface area contributed by atoms with Crippen molar-refractivity contribution in [2.75, 3.05) is 0 Å². The minimum Gasteiger partial charge on any atom is -0.264 e. The molecule has 0 fully saturated rings. The van der Waals surface area contributed by atoms with Crippen molar-refractivity contribution in [2.45, 2.75) is 0 Å². The molecule has 0 aliphatic heterocycles. The molecule has 0 N–H and O–H groups in total. The van der Waals surface area contributed by atoms with E-state index in [1.807, 2.05) is 36.4 Å². The number of rotatable bonds is 1. The number of nitrogens with zero attached hydrogens (tertiary/aromatic N) is 2. The SMILES string of the molecule is Clc1ccccc1-c1cc2cnccc2c(Cl)n1. The van der Waals surface area contributed by atoms with Crippen LogP contribution in [0.2, 0.25) is 10.2 Å². The van der Waals surface area contributed by atoms with Gasteiger partial charge in [-0.15, -0.1) is 0 Å². The van der Waals surface area contributed by atoms with Gasteiger partial charge in [-0.3, -0.25) is 4.98 Å². The Bertz CT molecular complexity index is 726. The quantitative estimate of drug-likeness (QED) is 0.606. The van der Waals surface area contributed by atoms with E-state index in [9.17, 15) is 0 Å². The zero-order chi connectivity index (χ0) is 12.5. The van der Waals surface area contributed by atoms with Crippen LogP contribution < -0.4 is 0 Å². The van der Waals surface area contributed by atoms with E-state index in [1.54, 1.807) is 12.4 Å². The lowest BCUT2D eigenvalue weighted by atomic mass is 10.1. The molecule has 0 aliphatic carbocycles. The molecule has 0 spiro atoms. The minimum absolute atomic E-state index is 0.463. The molecule has 3 aromatic rings. The first-order valence-corrected chi connectivity index (χ1v) is 6.16. The molecule has 0 unspecified atom stereocenters. The second-order valence-corrected chi connectivity index (χ2v) is 4.64. The molecule has 0 saturated carbocycles. The number of fused-ring (bicyclic) bond motifs is 1. The number of hydrogen-bond donors (Lipinski definition) is 0. The normalized spacial score (nSPS) is 10.8. The highest BCUT2D eigenvalue weighted by atomic mass is 35.5. The topological polar surface area (TPSA) is 25.8 Å². The second kappa shape index (κ2) is 4.56. The van der Waals surface area contributed by atoms with Gasteiger partial charge in [0.15, 0.2) is 0 Å². The van der Waals surface area contributed by atoms with Crippen LogP contribution in [0, 0.1) is 0 Å². The fraction of sp³-hybridized carbons (Fsp3) is 0. The lowest BCUT2D eigenvalue weighted by Crippen LogP contribution is -1.88. The maximum absolute atomic E-state index is 6.18. The van der Waals surface area contributed by atoms with E-state index in [1.165, 1.54) is 0 Å². The molecule has 2 nitrogen and oxygen atoms in total. The highest BCUT2D eigenvalue weighted by molar-refractivity contribution is 6.35. The molecule has 2 heterocycles. The monoisotopic (exact) mass is 274 g/mol. The Morgan fingerprint density at radius 2 is 1.83 bits per heavy atom. The van der Waals surface area contributed by atoms with Crippen LogP contribution in [0.3, 0.4) is 0 Å². The smallest absolute Gasteiger partial charge is 0.137 e. The van der Waals surface area contributed by atoms with Crippen LogP contribution in [0.4, 0.5) is 0 Å². The summed E-state index contributed by atoms with van der Waals surface area (Å²) in [7, 11) is 0. The average Bonchev–Trinajstić information content (AvgIpc) is 2.39. The largest absolute Gasteiger partial charge is 0.264 e. The molecular weight excluding hydrogens is 267 g/mol. The van der Waals surface area contributed by atoms with Crippen LogP contribution in [-0.4, -0.2) is 9.97 Å². The predicted octanol–water partition coefficient (Wildman–Crippen LogP) is 4.60. The number of hydrogen-bond acceptors (Lipinski definition) is 2. The zero-order valence-corrected chi connectivity index (χ0v) is 10.8. The van der Waals surface area contributed by atoms with Gasteiger partial charge in [0, 0.05) is 33.8 Å². The van der Waals surface area contributed by atoms with Crippen molar-refractivity contribution < 1.29 is 0 Å². The van der Waals surface area contributed by atoms with Gasteiger partial charge in [-0.1, -0.05) is 41.4 Å². The molecule has 0 amide bonds. The molecule has 88 valence electrons. The molecule has 3 rings (SSSR count). The molecule has 0 saturated heterocycles. The van der Waals surface area contributed by atoms with Gasteiger partial charge in [-0.05, 0) is 18.2 Å². The number of benzene rings is 1. The molecular formula is C14H8Cl2N2. The van der Waals surface area contributed by atoms with Crippen LogP contribution in [0.25, 0.3) is 22.0 Å². The van der Waals surface area contributed by atoms with Gasteiger partial charge >= 0.3 is 0 Å². The number of aromatic nitrogens is 2. The third-order valence-corrected chi connectivity index (χ3v) is 3.35. The first-order valence-electron chi connectivity index (χ1n) is 5.41. The van der Waals surface area contributed by atoms with Gasteiger partial charge in [0.05, 0.1) is 5.69 Å². The van der Waals surface area contributed by atoms with Crippen LogP contribution in [-0.2, 0) is 0 Å². The maximum Gasteiger partial charge on any atom is 0.137 e. The highest BCUT2D eigenvalue weighted by Gasteiger charge is 2.08. The third kappa shape index (κ3) is 1.94. The van der Waals surface area contributed by atoms with Crippen molar-refractivity contribution >= 4 is 34.0 Å². The summed E-state index contributed by atoms with van der Waals surface area (Å²) in [4.78, 5) is 8.48. The summed E-state index contributed by atoms with van der Waals surface area (Å²) >= 11 is 12.3. The Hall–Kier alpha value is -1.64. The summed E-state index contributed by atoms with van der Waals surface area (Å²) < 4.78 is 0. The summed E-state index contributed by atoms with van der Waals surface area (Å²) in [6.07, 6.45) is 3.47. The van der Waals surface area contributed by atoms with Crippen molar-refractivity contribution in [3.8, 4) is 11.3 Å². The van der Waals surface area contributed by atoms with Gasteiger partial charge in [-0.2, -0.15) is 0 Å². The Morgan fingerprint density at radius 1 is 1.00 bits per heavy atom. The van der Waals surface area contributed by atoms with Crippen molar-refractivity contribution in [3.63, 3.8) is 0 Å². The van der Waals surface area contributed by atoms with Crippen LogP contribution >= 0.6 is 23.2 Å². The Balaban J connectivity index is 2.28. The number of pyridine rings is 2. The highest BCUT2D eigenvalue weighted by Crippen LogP contribution is 2.30. The van der Waals surface area contributed by atoms with Crippen molar-refractivity contribution in [1.82, 2.24) is 9.97 Å². The summed E-state index contributed by atoms with van der Waals surface area (Å²) in [5.74, 6) is 0. The van der Waals surface area contributed by atoms with Gasteiger partial charge in [0.25, 0.3) is 0 Å². The lowest BCUT2D eigenvalue weighted by molar-refractivity contribution is 1.32. The van der Waals surface area contributed by atoms with Crippen molar-refractivity contribution in [1.29, 1.82) is 0 Å². The van der Waals surface area contributed by atoms with E-state index < -0.39 is 0 Å². The Kier molecular flexibility index (Phi) is 2.90. The fourth-order valence-electron chi connectivity index (χ4n) is 1.86. The molecule has 0 aliphatic rings. The van der Waals surface area contributed by atoms with E-state index in [4.69, 9.17) is 23.2 Å². The Morgan fingerprint density at radius 3 is 2.67 bits per heavy atom. The second-order valence-electron chi connectivity index (χ2n) is 3.87. The summed E-state index contributed by atoms with van der Waals surface area (Å²) in [6.45, 7) is 0. The van der Waals surface area contributed by atoms with Gasteiger partial charge in [-0.25, -0.2) is 4.98 Å². The van der Waals surface area contributed by atoms with Gasteiger partial charge in [0.1, 0.15) is 5.15 Å². The maximum atomic E-state index is 6.18. The van der Waals surface area contributed by atoms with Crippen LogP contribution in [0.15, 0.2) is 48.8 Å². The Labute approximate surface area is 114 Å². The first kappa shape index (κ1) is 11.5. The first-order chi connectivity index (χ1) is 8.75. The van der Waals surface area contributed by atoms with E-state index in [0.717, 1.165) is 22.0 Å². The van der Waals surface area contributed by atoms with E-state index in [2.05, 4.69) is 9.97 Å². The van der Waals surface area contributed by atoms with Crippen LogP contribution in [0.1, 0.15) is 0 Å². The van der Waals surface area contributed by atoms with E-state index >= 15 is 0 Å². The van der Waals surface area contributed by atoms with Crippen LogP contribution in [0.5, 0.6) is 0 Å². The van der Waals surface area contributed by atoms with E-state index in [0.29, 0.717) is 10.2 Å². The summed E-state index contributed by atoms with van der Waals surface area (Å²) in [5, 5.41) is 2.96. The summed E-state index contributed by atoms with van der Waals surface area (Å²) in [5.41, 5.74) is 1.62. The molecule has 2 aromatic heterocycles. The summed E-state index contributed by atoms with van der Waals surface area (Å²) in [6, 6.07) is 11.3. The van der Waals surface area contributed by atoms with Gasteiger partial charge in [0.2, 0.25) is 0 Å². The molecule has 1 aromatic carbocycles. The fourth-order valence-corrected chi connectivity index (χ4v) is 2.36. The van der Waals surface area contributed by atoms with Crippen molar-refractivity contribution in [2.24, 2.45) is 0 Å². The van der Waals surface area contributed by atoms with Crippen molar-refractivity contribution in [3.05, 3.63) is 59.0 Å². The van der Waals surface area contributed by atoms with Gasteiger partial charge < -0.3 is 0 Å². The molecule has 4 heteroatoms. The lowest BCUT2D eigenvalue weighted by Gasteiger charge is -2.06. The molecule has 0 atom stereocenters. The standard InChI is InChI=1S/C14H8Cl2N2/c15-12-4-2-1-3-11(12)13-7-9-8-17-6-5-10(9)14(16)18-13/h1-8H. The number of halogens is 2.